The quantitative estimate of drug-likeness (QED) is 0.250. The Balaban J connectivity index is 1.38. The molecule has 0 unspecified atom stereocenters. The number of carbonyl (C=O) groups excluding carboxylic acids is 2. The molecule has 2 aromatic carbocycles. The van der Waals surface area contributed by atoms with Crippen LogP contribution >= 0.6 is 0 Å². The van der Waals surface area contributed by atoms with Gasteiger partial charge in [0.2, 0.25) is 0 Å². The number of anilines is 3. The van der Waals surface area contributed by atoms with Crippen LogP contribution in [0.1, 0.15) is 31.8 Å². The van der Waals surface area contributed by atoms with Crippen LogP contribution in [0, 0.1) is 13.8 Å². The van der Waals surface area contributed by atoms with E-state index >= 15 is 0 Å². The Bertz CT molecular complexity index is 1640. The van der Waals surface area contributed by atoms with E-state index in [0.717, 1.165) is 16.8 Å². The molecule has 3 aromatic heterocycles. The Morgan fingerprint density at radius 2 is 1.95 bits per heavy atom. The van der Waals surface area contributed by atoms with Crippen LogP contribution in [-0.2, 0) is 4.74 Å². The second-order valence-corrected chi connectivity index (χ2v) is 8.95. The van der Waals surface area contributed by atoms with E-state index in [2.05, 4.69) is 31.0 Å². The van der Waals surface area contributed by atoms with E-state index in [1.54, 1.807) is 42.5 Å². The zero-order valence-corrected chi connectivity index (χ0v) is 21.8. The number of rotatable bonds is 9. The third kappa shape index (κ3) is 5.48. The van der Waals surface area contributed by atoms with E-state index in [0.29, 0.717) is 47.0 Å². The van der Waals surface area contributed by atoms with Gasteiger partial charge in [-0.15, -0.1) is 0 Å². The largest absolute Gasteiger partial charge is 0.383 e. The fraction of sp³-hybridized carbons (Fsp3) is 0.179. The fourth-order valence-electron chi connectivity index (χ4n) is 4.23. The highest BCUT2D eigenvalue weighted by atomic mass is 16.5. The lowest BCUT2D eigenvalue weighted by molar-refractivity contribution is 0.0936. The van der Waals surface area contributed by atoms with Crippen LogP contribution in [-0.4, -0.2) is 56.2 Å². The van der Waals surface area contributed by atoms with E-state index in [1.807, 2.05) is 54.9 Å². The van der Waals surface area contributed by atoms with E-state index in [-0.39, 0.29) is 11.8 Å². The van der Waals surface area contributed by atoms with Gasteiger partial charge < -0.3 is 25.3 Å². The summed E-state index contributed by atoms with van der Waals surface area (Å²) in [4.78, 5) is 34.3. The summed E-state index contributed by atoms with van der Waals surface area (Å²) >= 11 is 0. The van der Waals surface area contributed by atoms with Gasteiger partial charge in [-0.25, -0.2) is 14.5 Å². The lowest BCUT2D eigenvalue weighted by atomic mass is 10.1. The number of fused-ring (bicyclic) bond motifs is 1. The minimum atomic E-state index is -0.248. The highest BCUT2D eigenvalue weighted by Crippen LogP contribution is 2.28. The maximum absolute atomic E-state index is 13.1. The maximum Gasteiger partial charge on any atom is 0.255 e. The predicted molar refractivity (Wildman–Crippen MR) is 148 cm³/mol. The number of aromatic nitrogens is 5. The smallest absolute Gasteiger partial charge is 0.255 e. The molecule has 2 amide bonds. The third-order valence-corrected chi connectivity index (χ3v) is 6.32. The number of imidazole rings is 1. The molecule has 0 bridgehead atoms. The first-order chi connectivity index (χ1) is 18.9. The van der Waals surface area contributed by atoms with Gasteiger partial charge >= 0.3 is 0 Å². The minimum absolute atomic E-state index is 0.215. The zero-order valence-electron chi connectivity index (χ0n) is 21.8. The third-order valence-electron chi connectivity index (χ3n) is 6.32. The molecule has 5 rings (SSSR count). The molecule has 0 aliphatic carbocycles. The summed E-state index contributed by atoms with van der Waals surface area (Å²) in [6.07, 6.45) is 8.33. The maximum atomic E-state index is 13.1. The van der Waals surface area contributed by atoms with Crippen LogP contribution in [0.2, 0.25) is 0 Å². The van der Waals surface area contributed by atoms with Gasteiger partial charge in [0.25, 0.3) is 11.8 Å². The van der Waals surface area contributed by atoms with Crippen molar-refractivity contribution in [2.24, 2.45) is 0 Å². The summed E-state index contributed by atoms with van der Waals surface area (Å²) in [6, 6.07) is 12.9. The summed E-state index contributed by atoms with van der Waals surface area (Å²) in [6.45, 7) is 4.62. The van der Waals surface area contributed by atoms with E-state index in [1.165, 1.54) is 6.33 Å². The average molecular weight is 525 g/mol. The number of benzene rings is 2. The highest BCUT2D eigenvalue weighted by molar-refractivity contribution is 6.05. The predicted octanol–water partition coefficient (Wildman–Crippen LogP) is 3.90. The lowest BCUT2D eigenvalue weighted by Gasteiger charge is -2.13. The number of ether oxygens (including phenoxy) is 1. The van der Waals surface area contributed by atoms with Gasteiger partial charge in [-0.1, -0.05) is 12.1 Å². The molecule has 0 fully saturated rings. The van der Waals surface area contributed by atoms with Crippen LogP contribution in [0.15, 0.2) is 73.7 Å². The summed E-state index contributed by atoms with van der Waals surface area (Å²) < 4.78 is 8.50. The first-order valence-corrected chi connectivity index (χ1v) is 12.3. The van der Waals surface area contributed by atoms with Gasteiger partial charge in [-0.3, -0.25) is 9.59 Å². The molecule has 0 atom stereocenters. The number of amides is 2. The number of carbonyl (C=O) groups is 2. The van der Waals surface area contributed by atoms with Crippen molar-refractivity contribution >= 4 is 34.5 Å². The molecule has 3 heterocycles. The topological polar surface area (TPSA) is 127 Å². The monoisotopic (exact) mass is 524 g/mol. The van der Waals surface area contributed by atoms with Crippen LogP contribution in [0.5, 0.6) is 0 Å². The summed E-state index contributed by atoms with van der Waals surface area (Å²) in [7, 11) is 1.58. The standard InChI is InChI=1S/C28H28N8O3/c1-18-7-8-20(27(37)33-21-5-4-6-22(14-21)35-11-9-29-17-35)13-24(18)34-26-25-19(2)23(15-36(25)32-16-31-26)28(38)30-10-12-39-3/h4-9,11,13-17H,10,12H2,1-3H3,(H,30,38)(H,33,37)(H,31,32,34). The number of hydrogen-bond donors (Lipinski definition) is 3. The number of nitrogens with one attached hydrogen (secondary N) is 3. The Hall–Kier alpha value is -5.03. The number of aryl methyl sites for hydroxylation is 2. The van der Waals surface area contributed by atoms with Gasteiger partial charge in [0.1, 0.15) is 11.8 Å². The molecule has 0 saturated heterocycles. The first-order valence-electron chi connectivity index (χ1n) is 12.3. The summed E-state index contributed by atoms with van der Waals surface area (Å²) in [5, 5.41) is 13.4. The molecule has 3 N–H and O–H groups in total. The Labute approximate surface area is 224 Å². The van der Waals surface area contributed by atoms with Gasteiger partial charge in [0, 0.05) is 54.9 Å². The van der Waals surface area contributed by atoms with Crippen LogP contribution in [0.25, 0.3) is 11.2 Å². The average Bonchev–Trinajstić information content (AvgIpc) is 3.59. The van der Waals surface area contributed by atoms with Gasteiger partial charge in [0.05, 0.1) is 18.5 Å². The molecule has 0 aliphatic rings. The Kier molecular flexibility index (Phi) is 7.32. The number of hydrogen-bond acceptors (Lipinski definition) is 7. The van der Waals surface area contributed by atoms with E-state index in [4.69, 9.17) is 4.74 Å². The highest BCUT2D eigenvalue weighted by Gasteiger charge is 2.18. The van der Waals surface area contributed by atoms with Crippen molar-refractivity contribution in [3.8, 4) is 5.69 Å². The van der Waals surface area contributed by atoms with Crippen LogP contribution < -0.4 is 16.0 Å². The molecule has 198 valence electrons. The molecular formula is C28H28N8O3. The van der Waals surface area contributed by atoms with Gasteiger partial charge in [-0.2, -0.15) is 5.10 Å². The molecule has 11 nitrogen and oxygen atoms in total. The second kappa shape index (κ2) is 11.2. The van der Waals surface area contributed by atoms with E-state index < -0.39 is 0 Å². The van der Waals surface area contributed by atoms with Crippen molar-refractivity contribution in [3.05, 3.63) is 96.0 Å². The molecule has 11 heteroatoms. The minimum Gasteiger partial charge on any atom is -0.383 e. The molecule has 0 saturated carbocycles. The SMILES string of the molecule is COCCNC(=O)c1cn2ncnc(Nc3cc(C(=O)Nc4cccc(-n5ccnc5)c4)ccc3C)c2c1C. The molecule has 0 radical (unpaired) electrons. The Morgan fingerprint density at radius 1 is 1.08 bits per heavy atom. The van der Waals surface area contributed by atoms with Crippen molar-refractivity contribution in [2.75, 3.05) is 30.9 Å². The first kappa shape index (κ1) is 25.6. The van der Waals surface area contributed by atoms with Crippen LogP contribution in [0.3, 0.4) is 0 Å². The van der Waals surface area contributed by atoms with E-state index in [9.17, 15) is 9.59 Å². The van der Waals surface area contributed by atoms with Crippen molar-refractivity contribution < 1.29 is 14.3 Å². The molecular weight excluding hydrogens is 496 g/mol. The molecule has 39 heavy (non-hydrogen) atoms. The molecule has 5 aromatic rings. The number of methoxy groups -OCH3 is 1. The second-order valence-electron chi connectivity index (χ2n) is 8.95. The Morgan fingerprint density at radius 3 is 2.74 bits per heavy atom. The summed E-state index contributed by atoms with van der Waals surface area (Å²) in [5.41, 5.74) is 5.56. The van der Waals surface area contributed by atoms with Gasteiger partial charge in [0.15, 0.2) is 5.82 Å². The molecule has 0 aliphatic heterocycles. The fourth-order valence-corrected chi connectivity index (χ4v) is 4.23. The number of nitrogens with zero attached hydrogens (tertiary/aromatic N) is 5. The normalized spacial score (nSPS) is 10.9. The summed E-state index contributed by atoms with van der Waals surface area (Å²) in [5.74, 6) is 0.0580. The van der Waals surface area contributed by atoms with Gasteiger partial charge in [-0.05, 0) is 55.3 Å². The van der Waals surface area contributed by atoms with Crippen molar-refractivity contribution in [1.82, 2.24) is 29.5 Å². The van der Waals surface area contributed by atoms with Crippen molar-refractivity contribution in [2.45, 2.75) is 13.8 Å². The molecule has 0 spiro atoms. The zero-order chi connectivity index (χ0) is 27.4. The lowest BCUT2D eigenvalue weighted by Crippen LogP contribution is -2.27. The van der Waals surface area contributed by atoms with Crippen molar-refractivity contribution in [1.29, 1.82) is 0 Å². The van der Waals surface area contributed by atoms with Crippen LogP contribution in [0.4, 0.5) is 17.2 Å². The van der Waals surface area contributed by atoms with Crippen molar-refractivity contribution in [3.63, 3.8) is 0 Å².